The van der Waals surface area contributed by atoms with Crippen LogP contribution in [0.2, 0.25) is 0 Å². The van der Waals surface area contributed by atoms with E-state index in [9.17, 15) is 0 Å². The van der Waals surface area contributed by atoms with Gasteiger partial charge in [0.05, 0.1) is 24.4 Å². The number of aliphatic imine (C=N–C) groups is 1. The quantitative estimate of drug-likeness (QED) is 0.209. The number of hydrogen-bond donors (Lipinski definition) is 2. The summed E-state index contributed by atoms with van der Waals surface area (Å²) in [4.78, 5) is 10.2. The molecule has 6 nitrogen and oxygen atoms in total. The minimum atomic E-state index is 0. The number of aromatic nitrogens is 1. The number of rotatable bonds is 10. The van der Waals surface area contributed by atoms with Gasteiger partial charge < -0.3 is 20.1 Å². The molecular formula is C21H33IN4O2S. The molecule has 1 heterocycles. The third kappa shape index (κ3) is 8.38. The fourth-order valence-electron chi connectivity index (χ4n) is 2.80. The third-order valence-electron chi connectivity index (χ3n) is 4.39. The van der Waals surface area contributed by atoms with Crippen LogP contribution in [0.1, 0.15) is 34.5 Å². The summed E-state index contributed by atoms with van der Waals surface area (Å²) in [6.07, 6.45) is 2.88. The number of ether oxygens (including phenoxy) is 2. The molecule has 0 aliphatic carbocycles. The van der Waals surface area contributed by atoms with Crippen LogP contribution in [0, 0.1) is 13.8 Å². The summed E-state index contributed by atoms with van der Waals surface area (Å²) in [6, 6.07) is 6.12. The molecule has 0 unspecified atom stereocenters. The van der Waals surface area contributed by atoms with Gasteiger partial charge in [-0.1, -0.05) is 6.07 Å². The Morgan fingerprint density at radius 3 is 2.52 bits per heavy atom. The molecule has 0 spiro atoms. The Morgan fingerprint density at radius 2 is 1.90 bits per heavy atom. The van der Waals surface area contributed by atoms with Gasteiger partial charge in [0.1, 0.15) is 0 Å². The lowest BCUT2D eigenvalue weighted by molar-refractivity contribution is 0.310. The molecule has 162 valence electrons. The first-order valence-corrected chi connectivity index (χ1v) is 10.6. The summed E-state index contributed by atoms with van der Waals surface area (Å²) in [7, 11) is 3.46. The SMILES string of the molecule is CCOc1cc(CCCNC(=NC)NCCc2nc(C)c(C)s2)ccc1OC.I. The molecule has 0 aliphatic heterocycles. The molecule has 0 atom stereocenters. The molecule has 0 fully saturated rings. The molecule has 2 aromatic rings. The molecule has 2 N–H and O–H groups in total. The first-order chi connectivity index (χ1) is 13.6. The number of nitrogens with one attached hydrogen (secondary N) is 2. The average molecular weight is 532 g/mol. The van der Waals surface area contributed by atoms with Crippen molar-refractivity contribution in [3.05, 3.63) is 39.3 Å². The third-order valence-corrected chi connectivity index (χ3v) is 5.52. The summed E-state index contributed by atoms with van der Waals surface area (Å²) in [5.74, 6) is 2.41. The van der Waals surface area contributed by atoms with Crippen molar-refractivity contribution in [2.75, 3.05) is 33.9 Å². The largest absolute Gasteiger partial charge is 0.493 e. The highest BCUT2D eigenvalue weighted by atomic mass is 127. The van der Waals surface area contributed by atoms with E-state index in [0.717, 1.165) is 55.5 Å². The van der Waals surface area contributed by atoms with Gasteiger partial charge >= 0.3 is 0 Å². The molecular weight excluding hydrogens is 499 g/mol. The lowest BCUT2D eigenvalue weighted by atomic mass is 10.1. The zero-order chi connectivity index (χ0) is 20.4. The first-order valence-electron chi connectivity index (χ1n) is 9.74. The first kappa shape index (κ1) is 25.5. The Hall–Kier alpha value is -1.55. The van der Waals surface area contributed by atoms with Gasteiger partial charge in [0.15, 0.2) is 17.5 Å². The van der Waals surface area contributed by atoms with E-state index in [1.165, 1.54) is 15.4 Å². The summed E-state index contributed by atoms with van der Waals surface area (Å²) >= 11 is 1.77. The second-order valence-electron chi connectivity index (χ2n) is 6.45. The van der Waals surface area contributed by atoms with Crippen LogP contribution in [0.4, 0.5) is 0 Å². The summed E-state index contributed by atoms with van der Waals surface area (Å²) in [5, 5.41) is 7.90. The van der Waals surface area contributed by atoms with Crippen LogP contribution in [0.3, 0.4) is 0 Å². The van der Waals surface area contributed by atoms with Crippen LogP contribution in [0.15, 0.2) is 23.2 Å². The maximum atomic E-state index is 5.65. The molecule has 2 rings (SSSR count). The van der Waals surface area contributed by atoms with Crippen molar-refractivity contribution >= 4 is 41.3 Å². The Labute approximate surface area is 195 Å². The number of benzene rings is 1. The zero-order valence-corrected chi connectivity index (χ0v) is 21.1. The monoisotopic (exact) mass is 532 g/mol. The summed E-state index contributed by atoms with van der Waals surface area (Å²) in [5.41, 5.74) is 2.37. The Balaban J connectivity index is 0.00000420. The van der Waals surface area contributed by atoms with E-state index < -0.39 is 0 Å². The van der Waals surface area contributed by atoms with Crippen molar-refractivity contribution in [3.63, 3.8) is 0 Å². The molecule has 1 aromatic carbocycles. The van der Waals surface area contributed by atoms with E-state index in [0.29, 0.717) is 6.61 Å². The fraction of sp³-hybridized carbons (Fsp3) is 0.524. The number of nitrogens with zero attached hydrogens (tertiary/aromatic N) is 2. The molecule has 0 aliphatic rings. The van der Waals surface area contributed by atoms with E-state index in [-0.39, 0.29) is 24.0 Å². The van der Waals surface area contributed by atoms with Crippen LogP contribution in [-0.4, -0.2) is 44.8 Å². The molecule has 0 amide bonds. The molecule has 0 saturated carbocycles. The lowest BCUT2D eigenvalue weighted by Crippen LogP contribution is -2.38. The van der Waals surface area contributed by atoms with Crippen LogP contribution in [0.25, 0.3) is 0 Å². The number of aryl methyl sites for hydroxylation is 3. The van der Waals surface area contributed by atoms with Crippen molar-refractivity contribution in [2.45, 2.75) is 40.0 Å². The summed E-state index contributed by atoms with van der Waals surface area (Å²) < 4.78 is 11.0. The Kier molecular flexibility index (Phi) is 12.0. The van der Waals surface area contributed by atoms with Crippen LogP contribution >= 0.6 is 35.3 Å². The van der Waals surface area contributed by atoms with Gasteiger partial charge in [-0.15, -0.1) is 35.3 Å². The lowest BCUT2D eigenvalue weighted by Gasteiger charge is -2.13. The van der Waals surface area contributed by atoms with E-state index in [2.05, 4.69) is 46.6 Å². The smallest absolute Gasteiger partial charge is 0.190 e. The normalized spacial score (nSPS) is 11.0. The minimum absolute atomic E-state index is 0. The maximum absolute atomic E-state index is 5.65. The Bertz CT molecular complexity index is 761. The van der Waals surface area contributed by atoms with Crippen molar-refractivity contribution < 1.29 is 9.47 Å². The number of hydrogen-bond acceptors (Lipinski definition) is 5. The fourth-order valence-corrected chi connectivity index (χ4v) is 3.73. The molecule has 0 bridgehead atoms. The predicted octanol–water partition coefficient (Wildman–Crippen LogP) is 4.13. The highest BCUT2D eigenvalue weighted by Gasteiger charge is 2.06. The standard InChI is InChI=1S/C21H32N4O2S.HI/c1-6-27-19-14-17(9-10-18(19)26-5)8-7-12-23-21(22-4)24-13-11-20-25-15(2)16(3)28-20;/h9-10,14H,6-8,11-13H2,1-5H3,(H2,22,23,24);1H. The van der Waals surface area contributed by atoms with Gasteiger partial charge in [-0.3, -0.25) is 4.99 Å². The van der Waals surface area contributed by atoms with Crippen molar-refractivity contribution in [1.29, 1.82) is 0 Å². The molecule has 0 radical (unpaired) electrons. The van der Waals surface area contributed by atoms with Gasteiger partial charge in [-0.05, 0) is 51.3 Å². The van der Waals surface area contributed by atoms with E-state index in [4.69, 9.17) is 9.47 Å². The number of halogens is 1. The second kappa shape index (κ2) is 13.6. The number of methoxy groups -OCH3 is 1. The maximum Gasteiger partial charge on any atom is 0.190 e. The minimum Gasteiger partial charge on any atom is -0.493 e. The van der Waals surface area contributed by atoms with Gasteiger partial charge in [0.25, 0.3) is 0 Å². The molecule has 8 heteroatoms. The van der Waals surface area contributed by atoms with Gasteiger partial charge in [-0.25, -0.2) is 4.98 Å². The topological polar surface area (TPSA) is 67.8 Å². The van der Waals surface area contributed by atoms with E-state index in [1.54, 1.807) is 25.5 Å². The van der Waals surface area contributed by atoms with E-state index >= 15 is 0 Å². The van der Waals surface area contributed by atoms with Gasteiger partial charge in [0.2, 0.25) is 0 Å². The predicted molar refractivity (Wildman–Crippen MR) is 133 cm³/mol. The zero-order valence-electron chi connectivity index (χ0n) is 18.0. The van der Waals surface area contributed by atoms with Gasteiger partial charge in [-0.2, -0.15) is 0 Å². The van der Waals surface area contributed by atoms with E-state index in [1.807, 2.05) is 13.0 Å². The van der Waals surface area contributed by atoms with Gasteiger partial charge in [0, 0.05) is 31.4 Å². The van der Waals surface area contributed by atoms with Crippen molar-refractivity contribution in [1.82, 2.24) is 15.6 Å². The highest BCUT2D eigenvalue weighted by molar-refractivity contribution is 14.0. The Morgan fingerprint density at radius 1 is 1.14 bits per heavy atom. The van der Waals surface area contributed by atoms with Crippen LogP contribution in [0.5, 0.6) is 11.5 Å². The molecule has 1 aromatic heterocycles. The molecule has 29 heavy (non-hydrogen) atoms. The molecule has 0 saturated heterocycles. The number of guanidine groups is 1. The highest BCUT2D eigenvalue weighted by Crippen LogP contribution is 2.28. The second-order valence-corrected chi connectivity index (χ2v) is 7.73. The van der Waals surface area contributed by atoms with Crippen molar-refractivity contribution in [3.8, 4) is 11.5 Å². The van der Waals surface area contributed by atoms with Crippen LogP contribution < -0.4 is 20.1 Å². The average Bonchev–Trinajstić information content (AvgIpc) is 3.01. The van der Waals surface area contributed by atoms with Crippen molar-refractivity contribution in [2.24, 2.45) is 4.99 Å². The number of thiazole rings is 1. The summed E-state index contributed by atoms with van der Waals surface area (Å²) in [6.45, 7) is 8.45. The van der Waals surface area contributed by atoms with Crippen LogP contribution in [-0.2, 0) is 12.8 Å².